The van der Waals surface area contributed by atoms with E-state index in [0.29, 0.717) is 17.9 Å². The second-order valence-corrected chi connectivity index (χ2v) is 5.27. The molecule has 0 bridgehead atoms. The second kappa shape index (κ2) is 6.19. The summed E-state index contributed by atoms with van der Waals surface area (Å²) in [5.74, 6) is -2.68. The summed E-state index contributed by atoms with van der Waals surface area (Å²) in [4.78, 5) is 48.6. The van der Waals surface area contributed by atoms with E-state index in [2.05, 4.69) is 10.4 Å². The van der Waals surface area contributed by atoms with Gasteiger partial charge in [0.25, 0.3) is 11.7 Å². The molecule has 1 aliphatic heterocycles. The molecule has 1 N–H and O–H groups in total. The third-order valence-electron chi connectivity index (χ3n) is 3.68. The smallest absolute Gasteiger partial charge is 0.380 e. The summed E-state index contributed by atoms with van der Waals surface area (Å²) in [7, 11) is 1.66. The predicted octanol–water partition coefficient (Wildman–Crippen LogP) is -0.297. The molecule has 0 aliphatic carbocycles. The quantitative estimate of drug-likeness (QED) is 0.463. The van der Waals surface area contributed by atoms with Crippen LogP contribution in [0.1, 0.15) is 28.7 Å². The maximum Gasteiger partial charge on any atom is 0.380 e. The summed E-state index contributed by atoms with van der Waals surface area (Å²) in [5.41, 5.74) is 1.10. The minimum atomic E-state index is -1.23. The Morgan fingerprint density at radius 3 is 2.43 bits per heavy atom. The number of rotatable bonds is 4. The van der Waals surface area contributed by atoms with E-state index in [-0.39, 0.29) is 12.1 Å². The number of imide groups is 1. The Morgan fingerprint density at radius 2 is 1.96 bits per heavy atom. The number of hydrogen-bond donors (Lipinski definition) is 1. The number of aromatic nitrogens is 2. The summed E-state index contributed by atoms with van der Waals surface area (Å²) in [6, 6.07) is -0.539. The fraction of sp³-hybridized carbons (Fsp3) is 0.500. The zero-order chi connectivity index (χ0) is 17.3. The number of nitrogens with one attached hydrogen (secondary N) is 1. The van der Waals surface area contributed by atoms with E-state index in [9.17, 15) is 19.2 Å². The van der Waals surface area contributed by atoms with Crippen molar-refractivity contribution < 1.29 is 23.9 Å². The molecular weight excluding hydrogens is 304 g/mol. The van der Waals surface area contributed by atoms with E-state index in [1.54, 1.807) is 20.9 Å². The molecule has 2 heterocycles. The van der Waals surface area contributed by atoms with Crippen molar-refractivity contribution in [3.63, 3.8) is 0 Å². The van der Waals surface area contributed by atoms with Crippen molar-refractivity contribution in [2.45, 2.75) is 26.9 Å². The minimum Gasteiger partial charge on any atom is -0.447 e. The molecule has 23 heavy (non-hydrogen) atoms. The largest absolute Gasteiger partial charge is 0.447 e. The van der Waals surface area contributed by atoms with E-state index >= 15 is 0 Å². The molecule has 1 aromatic heterocycles. The highest BCUT2D eigenvalue weighted by atomic mass is 16.6. The van der Waals surface area contributed by atoms with Crippen molar-refractivity contribution in [1.82, 2.24) is 20.0 Å². The molecule has 2 rings (SSSR count). The number of Topliss-reactive ketones (excluding diaryl/α,β-unsaturated/α-hetero) is 1. The zero-order valence-corrected chi connectivity index (χ0v) is 13.4. The molecule has 1 fully saturated rings. The first-order chi connectivity index (χ1) is 10.7. The minimum absolute atomic E-state index is 0.163. The van der Waals surface area contributed by atoms with Gasteiger partial charge in [0.15, 0.2) is 6.10 Å². The highest BCUT2D eigenvalue weighted by molar-refractivity contribution is 6.41. The fourth-order valence-electron chi connectivity index (χ4n) is 2.37. The van der Waals surface area contributed by atoms with Gasteiger partial charge in [0.05, 0.1) is 11.3 Å². The van der Waals surface area contributed by atoms with Crippen molar-refractivity contribution in [1.29, 1.82) is 0 Å². The lowest BCUT2D eigenvalue weighted by atomic mass is 10.1. The lowest BCUT2D eigenvalue weighted by Gasteiger charge is -2.17. The van der Waals surface area contributed by atoms with Crippen LogP contribution in [0.3, 0.4) is 0 Å². The lowest BCUT2D eigenvalue weighted by molar-refractivity contribution is -0.153. The fourth-order valence-corrected chi connectivity index (χ4v) is 2.37. The highest BCUT2D eigenvalue weighted by Crippen LogP contribution is 2.14. The van der Waals surface area contributed by atoms with Gasteiger partial charge in [-0.05, 0) is 20.8 Å². The number of ketones is 1. The van der Waals surface area contributed by atoms with Gasteiger partial charge in [-0.1, -0.05) is 0 Å². The molecule has 1 aliphatic rings. The van der Waals surface area contributed by atoms with E-state index in [4.69, 9.17) is 4.74 Å². The lowest BCUT2D eigenvalue weighted by Crippen LogP contribution is -2.42. The van der Waals surface area contributed by atoms with E-state index < -0.39 is 29.8 Å². The summed E-state index contributed by atoms with van der Waals surface area (Å²) >= 11 is 0. The number of carbonyl (C=O) groups is 4. The Morgan fingerprint density at radius 1 is 1.30 bits per heavy atom. The number of urea groups is 1. The van der Waals surface area contributed by atoms with Crippen molar-refractivity contribution in [2.75, 3.05) is 13.1 Å². The maximum atomic E-state index is 12.2. The molecule has 124 valence electrons. The maximum absolute atomic E-state index is 12.2. The molecule has 0 radical (unpaired) electrons. The Hall–Kier alpha value is -2.71. The summed E-state index contributed by atoms with van der Waals surface area (Å²) < 4.78 is 6.40. The van der Waals surface area contributed by atoms with E-state index in [0.717, 1.165) is 4.90 Å². The SMILES string of the molecule is Cc1nn(C)c(C)c1C(=O)C(=O)OC(C)C(=O)N1CCNC1=O. The van der Waals surface area contributed by atoms with Crippen LogP contribution in [0.2, 0.25) is 0 Å². The molecule has 1 saturated heterocycles. The van der Waals surface area contributed by atoms with Gasteiger partial charge in [0.1, 0.15) is 0 Å². The second-order valence-electron chi connectivity index (χ2n) is 5.27. The van der Waals surface area contributed by atoms with Gasteiger partial charge in [-0.2, -0.15) is 5.10 Å². The molecule has 1 unspecified atom stereocenters. The predicted molar refractivity (Wildman–Crippen MR) is 77.7 cm³/mol. The normalized spacial score (nSPS) is 15.3. The molecule has 3 amide bonds. The Balaban J connectivity index is 2.07. The average Bonchev–Trinajstić information content (AvgIpc) is 3.01. The molecule has 9 nitrogen and oxygen atoms in total. The summed E-state index contributed by atoms with van der Waals surface area (Å²) in [6.07, 6.45) is -1.23. The first kappa shape index (κ1) is 16.7. The van der Waals surface area contributed by atoms with Gasteiger partial charge >= 0.3 is 12.0 Å². The third kappa shape index (κ3) is 3.08. The number of aryl methyl sites for hydroxylation is 2. The van der Waals surface area contributed by atoms with Gasteiger partial charge in [-0.25, -0.2) is 9.59 Å². The molecule has 1 aromatic rings. The topological polar surface area (TPSA) is 111 Å². The standard InChI is InChI=1S/C14H18N4O5/c1-7-10(8(2)17(4)16-7)11(19)13(21)23-9(3)12(20)18-6-5-15-14(18)22/h9H,5-6H2,1-4H3,(H,15,22). The van der Waals surface area contributed by atoms with Crippen LogP contribution in [0.5, 0.6) is 0 Å². The summed E-state index contributed by atoms with van der Waals surface area (Å²) in [5, 5.41) is 6.53. The van der Waals surface area contributed by atoms with Crippen molar-refractivity contribution >= 4 is 23.7 Å². The molecular formula is C14H18N4O5. The third-order valence-corrected chi connectivity index (χ3v) is 3.68. The number of amides is 3. The van der Waals surface area contributed by atoms with Crippen molar-refractivity contribution in [3.05, 3.63) is 17.0 Å². The number of esters is 1. The van der Waals surface area contributed by atoms with Crippen LogP contribution in [0.15, 0.2) is 0 Å². The van der Waals surface area contributed by atoms with Gasteiger partial charge in [-0.3, -0.25) is 19.2 Å². The van der Waals surface area contributed by atoms with Crippen LogP contribution in [-0.4, -0.2) is 57.6 Å². The van der Waals surface area contributed by atoms with Gasteiger partial charge in [0, 0.05) is 25.8 Å². The van der Waals surface area contributed by atoms with E-state index in [1.807, 2.05) is 0 Å². The van der Waals surface area contributed by atoms with Crippen LogP contribution in [0.25, 0.3) is 0 Å². The van der Waals surface area contributed by atoms with Crippen LogP contribution < -0.4 is 5.32 Å². The number of hydrogen-bond acceptors (Lipinski definition) is 6. The van der Waals surface area contributed by atoms with Crippen molar-refractivity contribution in [2.24, 2.45) is 7.05 Å². The molecule has 0 aromatic carbocycles. The zero-order valence-electron chi connectivity index (χ0n) is 13.4. The Labute approximate surface area is 132 Å². The first-order valence-corrected chi connectivity index (χ1v) is 7.08. The number of carbonyl (C=O) groups excluding carboxylic acids is 4. The van der Waals surface area contributed by atoms with Gasteiger partial charge < -0.3 is 10.1 Å². The van der Waals surface area contributed by atoms with E-state index in [1.165, 1.54) is 11.6 Å². The van der Waals surface area contributed by atoms with Gasteiger partial charge in [0.2, 0.25) is 0 Å². The van der Waals surface area contributed by atoms with Crippen LogP contribution >= 0.6 is 0 Å². The molecule has 9 heteroatoms. The average molecular weight is 322 g/mol. The summed E-state index contributed by atoms with van der Waals surface area (Å²) in [6.45, 7) is 5.13. The molecule has 0 spiro atoms. The first-order valence-electron chi connectivity index (χ1n) is 7.08. The highest BCUT2D eigenvalue weighted by Gasteiger charge is 2.34. The molecule has 1 atom stereocenters. The van der Waals surface area contributed by atoms with Crippen LogP contribution in [0.4, 0.5) is 4.79 Å². The van der Waals surface area contributed by atoms with Gasteiger partial charge in [-0.15, -0.1) is 0 Å². The number of ether oxygens (including phenoxy) is 1. The number of nitrogens with zero attached hydrogens (tertiary/aromatic N) is 3. The Bertz CT molecular complexity index is 694. The van der Waals surface area contributed by atoms with Crippen molar-refractivity contribution in [3.8, 4) is 0 Å². The Kier molecular flexibility index (Phi) is 4.48. The molecule has 0 saturated carbocycles. The van der Waals surface area contributed by atoms with Crippen LogP contribution in [0, 0.1) is 13.8 Å². The monoisotopic (exact) mass is 322 g/mol. The van der Waals surface area contributed by atoms with Crippen LogP contribution in [-0.2, 0) is 21.4 Å².